The second-order valence-electron chi connectivity index (χ2n) is 4.64. The molecule has 1 N–H and O–H groups in total. The molecule has 1 aliphatic rings. The molecule has 0 saturated carbocycles. The molecule has 5 nitrogen and oxygen atoms in total. The summed E-state index contributed by atoms with van der Waals surface area (Å²) in [5, 5.41) is 2.80. The fourth-order valence-electron chi connectivity index (χ4n) is 2.26. The first kappa shape index (κ1) is 13.5. The van der Waals surface area contributed by atoms with Crippen molar-refractivity contribution in [1.82, 2.24) is 15.2 Å². The Hall–Kier alpha value is -1.98. The average molecular weight is 265 g/mol. The Morgan fingerprint density at radius 3 is 2.95 bits per heavy atom. The number of amides is 2. The number of rotatable bonds is 2. The number of hydrogen-bond donors (Lipinski definition) is 1. The summed E-state index contributed by atoms with van der Waals surface area (Å²) < 4.78 is 13.0. The van der Waals surface area contributed by atoms with Crippen LogP contribution in [0.4, 0.5) is 4.39 Å². The van der Waals surface area contributed by atoms with Gasteiger partial charge in [-0.15, -0.1) is 0 Å². The summed E-state index contributed by atoms with van der Waals surface area (Å²) in [6.45, 7) is 2.50. The van der Waals surface area contributed by atoms with Crippen molar-refractivity contribution in [2.75, 3.05) is 13.1 Å². The highest BCUT2D eigenvalue weighted by Crippen LogP contribution is 2.13. The van der Waals surface area contributed by atoms with E-state index < -0.39 is 5.95 Å². The molecule has 1 atom stereocenters. The van der Waals surface area contributed by atoms with Gasteiger partial charge in [0.15, 0.2) is 0 Å². The van der Waals surface area contributed by atoms with Gasteiger partial charge in [0.2, 0.25) is 11.9 Å². The van der Waals surface area contributed by atoms with Crippen LogP contribution >= 0.6 is 0 Å². The van der Waals surface area contributed by atoms with E-state index in [1.807, 2.05) is 0 Å². The molecule has 0 aromatic carbocycles. The number of nitrogens with one attached hydrogen (secondary N) is 1. The summed E-state index contributed by atoms with van der Waals surface area (Å²) in [5.41, 5.74) is 0.100. The first-order chi connectivity index (χ1) is 9.06. The highest BCUT2D eigenvalue weighted by Gasteiger charge is 2.25. The SMILES string of the molecule is CC(=O)NC1CCCN(C(=O)c2cccc(F)n2)C1. The zero-order valence-electron chi connectivity index (χ0n) is 10.7. The van der Waals surface area contributed by atoms with E-state index in [0.717, 1.165) is 12.8 Å². The van der Waals surface area contributed by atoms with Gasteiger partial charge in [0.05, 0.1) is 0 Å². The van der Waals surface area contributed by atoms with Crippen LogP contribution in [0.15, 0.2) is 18.2 Å². The zero-order valence-corrected chi connectivity index (χ0v) is 10.7. The molecular weight excluding hydrogens is 249 g/mol. The van der Waals surface area contributed by atoms with Crippen molar-refractivity contribution in [3.8, 4) is 0 Å². The first-order valence-electron chi connectivity index (χ1n) is 6.25. The van der Waals surface area contributed by atoms with Gasteiger partial charge in [0, 0.05) is 26.1 Å². The summed E-state index contributed by atoms with van der Waals surface area (Å²) in [5.74, 6) is -1.07. The van der Waals surface area contributed by atoms with E-state index in [1.54, 1.807) is 4.90 Å². The molecule has 6 heteroatoms. The van der Waals surface area contributed by atoms with Crippen molar-refractivity contribution in [2.24, 2.45) is 0 Å². The molecule has 0 spiro atoms. The van der Waals surface area contributed by atoms with Gasteiger partial charge in [-0.25, -0.2) is 4.98 Å². The van der Waals surface area contributed by atoms with Crippen molar-refractivity contribution in [1.29, 1.82) is 0 Å². The van der Waals surface area contributed by atoms with E-state index in [9.17, 15) is 14.0 Å². The van der Waals surface area contributed by atoms with Crippen LogP contribution in [0, 0.1) is 5.95 Å². The van der Waals surface area contributed by atoms with Crippen LogP contribution < -0.4 is 5.32 Å². The zero-order chi connectivity index (χ0) is 13.8. The van der Waals surface area contributed by atoms with Crippen LogP contribution in [-0.4, -0.2) is 40.8 Å². The maximum absolute atomic E-state index is 13.0. The monoisotopic (exact) mass is 265 g/mol. The number of halogens is 1. The third-order valence-electron chi connectivity index (χ3n) is 3.05. The van der Waals surface area contributed by atoms with Crippen LogP contribution in [0.5, 0.6) is 0 Å². The number of hydrogen-bond acceptors (Lipinski definition) is 3. The van der Waals surface area contributed by atoms with E-state index in [2.05, 4.69) is 10.3 Å². The molecule has 2 amide bonds. The number of carbonyl (C=O) groups excluding carboxylic acids is 2. The molecule has 1 aliphatic heterocycles. The number of aromatic nitrogens is 1. The van der Waals surface area contributed by atoms with Gasteiger partial charge < -0.3 is 10.2 Å². The van der Waals surface area contributed by atoms with Gasteiger partial charge in [-0.3, -0.25) is 9.59 Å². The number of nitrogens with zero attached hydrogens (tertiary/aromatic N) is 2. The number of piperidine rings is 1. The molecule has 102 valence electrons. The second kappa shape index (κ2) is 5.77. The van der Waals surface area contributed by atoms with E-state index in [1.165, 1.54) is 25.1 Å². The predicted octanol–water partition coefficient (Wildman–Crippen LogP) is 0.961. The summed E-state index contributed by atoms with van der Waals surface area (Å²) in [6.07, 6.45) is 1.66. The molecule has 1 fully saturated rings. The molecule has 0 aliphatic carbocycles. The molecule has 1 aromatic rings. The number of likely N-dealkylation sites (tertiary alicyclic amines) is 1. The lowest BCUT2D eigenvalue weighted by atomic mass is 10.1. The normalized spacial score (nSPS) is 19.1. The van der Waals surface area contributed by atoms with E-state index in [4.69, 9.17) is 0 Å². The third kappa shape index (κ3) is 3.49. The topological polar surface area (TPSA) is 62.3 Å². The van der Waals surface area contributed by atoms with Crippen LogP contribution in [0.2, 0.25) is 0 Å². The van der Waals surface area contributed by atoms with Crippen molar-refractivity contribution >= 4 is 11.8 Å². The Kier molecular flexibility index (Phi) is 4.09. The summed E-state index contributed by atoms with van der Waals surface area (Å²) in [6, 6.07) is 4.12. The standard InChI is InChI=1S/C13H16FN3O2/c1-9(18)15-10-4-3-7-17(8-10)13(19)11-5-2-6-12(14)16-11/h2,5-6,10H,3-4,7-8H2,1H3,(H,15,18). The molecule has 2 heterocycles. The molecule has 0 radical (unpaired) electrons. The van der Waals surface area contributed by atoms with Crippen molar-refractivity contribution < 1.29 is 14.0 Å². The van der Waals surface area contributed by atoms with Gasteiger partial charge in [-0.1, -0.05) is 6.07 Å². The minimum Gasteiger partial charge on any atom is -0.352 e. The second-order valence-corrected chi connectivity index (χ2v) is 4.64. The van der Waals surface area contributed by atoms with Gasteiger partial charge in [-0.05, 0) is 25.0 Å². The largest absolute Gasteiger partial charge is 0.352 e. The summed E-state index contributed by atoms with van der Waals surface area (Å²) in [7, 11) is 0. The highest BCUT2D eigenvalue weighted by atomic mass is 19.1. The smallest absolute Gasteiger partial charge is 0.272 e. The molecular formula is C13H16FN3O2. The third-order valence-corrected chi connectivity index (χ3v) is 3.05. The van der Waals surface area contributed by atoms with Crippen molar-refractivity contribution in [3.63, 3.8) is 0 Å². The highest BCUT2D eigenvalue weighted by molar-refractivity contribution is 5.92. The minimum atomic E-state index is -0.665. The number of carbonyl (C=O) groups is 2. The number of pyridine rings is 1. The average Bonchev–Trinajstić information content (AvgIpc) is 2.37. The maximum Gasteiger partial charge on any atom is 0.272 e. The Morgan fingerprint density at radius 1 is 1.47 bits per heavy atom. The lowest BCUT2D eigenvalue weighted by Gasteiger charge is -2.32. The Labute approximate surface area is 110 Å². The van der Waals surface area contributed by atoms with E-state index >= 15 is 0 Å². The molecule has 19 heavy (non-hydrogen) atoms. The Bertz CT molecular complexity index is 493. The van der Waals surface area contributed by atoms with Gasteiger partial charge in [0.1, 0.15) is 5.69 Å². The summed E-state index contributed by atoms with van der Waals surface area (Å²) >= 11 is 0. The van der Waals surface area contributed by atoms with E-state index in [-0.39, 0.29) is 23.6 Å². The van der Waals surface area contributed by atoms with E-state index in [0.29, 0.717) is 13.1 Å². The van der Waals surface area contributed by atoms with Crippen molar-refractivity contribution in [3.05, 3.63) is 29.8 Å². The van der Waals surface area contributed by atoms with Gasteiger partial charge in [0.25, 0.3) is 5.91 Å². The quantitative estimate of drug-likeness (QED) is 0.810. The van der Waals surface area contributed by atoms with Crippen LogP contribution in [-0.2, 0) is 4.79 Å². The minimum absolute atomic E-state index is 0.0382. The maximum atomic E-state index is 13.0. The predicted molar refractivity (Wildman–Crippen MR) is 66.9 cm³/mol. The van der Waals surface area contributed by atoms with Crippen LogP contribution in [0.1, 0.15) is 30.3 Å². The fraction of sp³-hybridized carbons (Fsp3) is 0.462. The molecule has 1 saturated heterocycles. The first-order valence-corrected chi connectivity index (χ1v) is 6.25. The lowest BCUT2D eigenvalue weighted by molar-refractivity contribution is -0.120. The fourth-order valence-corrected chi connectivity index (χ4v) is 2.26. The Balaban J connectivity index is 2.04. The van der Waals surface area contributed by atoms with Crippen LogP contribution in [0.3, 0.4) is 0 Å². The van der Waals surface area contributed by atoms with Crippen LogP contribution in [0.25, 0.3) is 0 Å². The van der Waals surface area contributed by atoms with Gasteiger partial charge in [-0.2, -0.15) is 4.39 Å². The molecule has 2 rings (SSSR count). The molecule has 1 aromatic heterocycles. The van der Waals surface area contributed by atoms with Gasteiger partial charge >= 0.3 is 0 Å². The molecule has 0 bridgehead atoms. The lowest BCUT2D eigenvalue weighted by Crippen LogP contribution is -2.49. The van der Waals surface area contributed by atoms with Crippen molar-refractivity contribution in [2.45, 2.75) is 25.8 Å². The molecule has 1 unspecified atom stereocenters. The summed E-state index contributed by atoms with van der Waals surface area (Å²) in [4.78, 5) is 28.4. The Morgan fingerprint density at radius 2 is 2.26 bits per heavy atom.